The van der Waals surface area contributed by atoms with Crippen molar-refractivity contribution in [3.05, 3.63) is 46.0 Å². The Morgan fingerprint density at radius 3 is 2.71 bits per heavy atom. The van der Waals surface area contributed by atoms with Crippen LogP contribution in [0.15, 0.2) is 34.7 Å². The molecular weight excluding hydrogens is 423 g/mol. The van der Waals surface area contributed by atoms with E-state index < -0.39 is 5.66 Å². The topological polar surface area (TPSA) is 83.4 Å². The van der Waals surface area contributed by atoms with Crippen molar-refractivity contribution in [3.63, 3.8) is 0 Å². The van der Waals surface area contributed by atoms with Gasteiger partial charge in [-0.1, -0.05) is 0 Å². The predicted molar refractivity (Wildman–Crippen MR) is 111 cm³/mol. The minimum atomic E-state index is -0.649. The van der Waals surface area contributed by atoms with Crippen LogP contribution in [0.4, 0.5) is 11.5 Å². The van der Waals surface area contributed by atoms with E-state index in [9.17, 15) is 9.59 Å². The van der Waals surface area contributed by atoms with Crippen molar-refractivity contribution in [1.82, 2.24) is 19.1 Å². The van der Waals surface area contributed by atoms with Gasteiger partial charge in [-0.3, -0.25) is 14.6 Å². The maximum absolute atomic E-state index is 13.2. The number of pyridine rings is 1. The lowest BCUT2D eigenvalue weighted by atomic mass is 9.83. The number of halogens is 2. The number of nitrogens with zero attached hydrogens (tertiary/aromatic N) is 5. The van der Waals surface area contributed by atoms with Crippen LogP contribution in [0, 0.1) is 0 Å². The van der Waals surface area contributed by atoms with E-state index in [1.165, 1.54) is 26.8 Å². The fourth-order valence-electron chi connectivity index (χ4n) is 3.72. The molecule has 0 saturated heterocycles. The zero-order chi connectivity index (χ0) is 18.8. The molecular formula is C17H16Cl2N6O2S. The maximum Gasteiger partial charge on any atom is 0.293 e. The normalized spacial score (nSPS) is 17.3. The molecule has 1 fully saturated rings. The number of hydrogen-bond acceptors (Lipinski definition) is 7. The summed E-state index contributed by atoms with van der Waals surface area (Å²) in [5.74, 6) is 0.196. The summed E-state index contributed by atoms with van der Waals surface area (Å²) in [4.78, 5) is 35.2. The monoisotopic (exact) mass is 438 g/mol. The summed E-state index contributed by atoms with van der Waals surface area (Å²) in [5, 5.41) is 7.64. The second-order valence-electron chi connectivity index (χ2n) is 6.68. The van der Waals surface area contributed by atoms with Gasteiger partial charge in [0.2, 0.25) is 0 Å². The highest BCUT2D eigenvalue weighted by atomic mass is 35.5. The van der Waals surface area contributed by atoms with Crippen LogP contribution in [-0.4, -0.2) is 37.7 Å². The van der Waals surface area contributed by atoms with Gasteiger partial charge in [0.1, 0.15) is 34.0 Å². The molecule has 3 aromatic heterocycles. The Hall–Kier alpha value is -2.36. The maximum atomic E-state index is 13.2. The van der Waals surface area contributed by atoms with Crippen molar-refractivity contribution in [2.45, 2.75) is 24.9 Å². The van der Waals surface area contributed by atoms with Gasteiger partial charge >= 0.3 is 0 Å². The smallest absolute Gasteiger partial charge is 0.293 e. The van der Waals surface area contributed by atoms with Crippen molar-refractivity contribution < 1.29 is 4.79 Å². The number of carbonyl (C=O) groups is 1. The summed E-state index contributed by atoms with van der Waals surface area (Å²) < 4.78 is 2.65. The molecule has 0 radical (unpaired) electrons. The van der Waals surface area contributed by atoms with Gasteiger partial charge < -0.3 is 5.32 Å². The number of thiophene rings is 1. The minimum Gasteiger partial charge on any atom is -0.335 e. The molecule has 1 saturated carbocycles. The van der Waals surface area contributed by atoms with E-state index >= 15 is 0 Å². The van der Waals surface area contributed by atoms with E-state index in [1.54, 1.807) is 24.2 Å². The van der Waals surface area contributed by atoms with Crippen LogP contribution < -0.4 is 15.9 Å². The van der Waals surface area contributed by atoms with Crippen molar-refractivity contribution in [1.29, 1.82) is 0 Å². The molecule has 1 aliphatic carbocycles. The molecule has 1 N–H and O–H groups in total. The summed E-state index contributed by atoms with van der Waals surface area (Å²) in [6, 6.07) is 5.10. The number of amides is 1. The molecule has 1 amide bonds. The lowest BCUT2D eigenvalue weighted by molar-refractivity contribution is 0.0319. The first kappa shape index (κ1) is 19.0. The van der Waals surface area contributed by atoms with Crippen molar-refractivity contribution in [2.24, 2.45) is 0 Å². The SMILES string of the molecule is CN1n2c(ccc(Nc3ncnc4sccc34)c2=O)C(=O)N(Cl)C12CCC2.Cl. The van der Waals surface area contributed by atoms with Crippen molar-refractivity contribution in [3.8, 4) is 0 Å². The predicted octanol–water partition coefficient (Wildman–Crippen LogP) is 3.08. The first-order valence-corrected chi connectivity index (χ1v) is 9.70. The highest BCUT2D eigenvalue weighted by Crippen LogP contribution is 2.43. The largest absolute Gasteiger partial charge is 0.335 e. The highest BCUT2D eigenvalue weighted by molar-refractivity contribution is 7.16. The molecule has 0 unspecified atom stereocenters. The van der Waals surface area contributed by atoms with E-state index in [1.807, 2.05) is 11.4 Å². The Balaban J connectivity index is 0.00000192. The molecule has 0 aromatic carbocycles. The van der Waals surface area contributed by atoms with Gasteiger partial charge in [-0.2, -0.15) is 0 Å². The standard InChI is InChI=1S/C17H15ClN6O2S.ClH/c1-22-17(6-2-7-17)24(18)16(26)12-4-3-11(15(25)23(12)22)21-13-10-5-8-27-14(10)20-9-19-13;/h3-5,8-9H,2,6-7H2,1H3,(H,19,20,21);1H. The molecule has 0 atom stereocenters. The third kappa shape index (κ3) is 2.43. The average Bonchev–Trinajstić information content (AvgIpc) is 3.10. The van der Waals surface area contributed by atoms with Crippen LogP contribution >= 0.6 is 35.5 Å². The van der Waals surface area contributed by atoms with Crippen LogP contribution in [-0.2, 0) is 0 Å². The van der Waals surface area contributed by atoms with Crippen LogP contribution in [0.5, 0.6) is 0 Å². The molecule has 5 rings (SSSR count). The lowest BCUT2D eigenvalue weighted by Crippen LogP contribution is -2.71. The molecule has 3 aromatic rings. The lowest BCUT2D eigenvalue weighted by Gasteiger charge is -2.55. The summed E-state index contributed by atoms with van der Waals surface area (Å²) in [7, 11) is 1.79. The molecule has 2 aliphatic rings. The second-order valence-corrected chi connectivity index (χ2v) is 7.91. The van der Waals surface area contributed by atoms with Crippen LogP contribution in [0.3, 0.4) is 0 Å². The number of anilines is 2. The Morgan fingerprint density at radius 1 is 1.21 bits per heavy atom. The van der Waals surface area contributed by atoms with E-state index in [2.05, 4.69) is 15.3 Å². The first-order valence-electron chi connectivity index (χ1n) is 8.49. The van der Waals surface area contributed by atoms with Crippen LogP contribution in [0.1, 0.15) is 29.8 Å². The number of carbonyl (C=O) groups excluding carboxylic acids is 1. The number of hydrogen-bond donors (Lipinski definition) is 1. The Kier molecular flexibility index (Phi) is 4.48. The third-order valence-corrected chi connectivity index (χ3v) is 6.68. The minimum absolute atomic E-state index is 0. The number of fused-ring (bicyclic) bond motifs is 2. The van der Waals surface area contributed by atoms with E-state index in [0.717, 1.165) is 29.5 Å². The summed E-state index contributed by atoms with van der Waals surface area (Å²) in [6.45, 7) is 0. The van der Waals surface area contributed by atoms with Gasteiger partial charge in [-0.15, -0.1) is 23.7 Å². The fourth-order valence-corrected chi connectivity index (χ4v) is 4.81. The van der Waals surface area contributed by atoms with Gasteiger partial charge in [0.25, 0.3) is 11.5 Å². The van der Waals surface area contributed by atoms with E-state index in [-0.39, 0.29) is 29.6 Å². The number of nitrogens with one attached hydrogen (secondary N) is 1. The van der Waals surface area contributed by atoms with Crippen molar-refractivity contribution >= 4 is 63.1 Å². The summed E-state index contributed by atoms with van der Waals surface area (Å²) in [6.07, 6.45) is 3.87. The number of rotatable bonds is 2. The summed E-state index contributed by atoms with van der Waals surface area (Å²) in [5.41, 5.74) is -0.392. The van der Waals surface area contributed by atoms with Gasteiger partial charge in [-0.25, -0.2) is 19.1 Å². The van der Waals surface area contributed by atoms with Gasteiger partial charge in [0, 0.05) is 18.8 Å². The Morgan fingerprint density at radius 2 is 2.00 bits per heavy atom. The molecule has 1 aliphatic heterocycles. The van der Waals surface area contributed by atoms with Crippen LogP contribution in [0.25, 0.3) is 10.2 Å². The molecule has 11 heteroatoms. The average molecular weight is 439 g/mol. The first-order chi connectivity index (χ1) is 13.0. The molecule has 4 heterocycles. The quantitative estimate of drug-likeness (QED) is 0.618. The zero-order valence-corrected chi connectivity index (χ0v) is 17.1. The van der Waals surface area contributed by atoms with E-state index in [4.69, 9.17) is 11.8 Å². The molecule has 28 heavy (non-hydrogen) atoms. The Labute approximate surface area is 175 Å². The highest BCUT2D eigenvalue weighted by Gasteiger charge is 2.53. The molecule has 1 spiro atoms. The zero-order valence-electron chi connectivity index (χ0n) is 14.8. The summed E-state index contributed by atoms with van der Waals surface area (Å²) >= 11 is 7.82. The van der Waals surface area contributed by atoms with Gasteiger partial charge in [0.05, 0.1) is 5.39 Å². The molecule has 0 bridgehead atoms. The van der Waals surface area contributed by atoms with Crippen molar-refractivity contribution in [2.75, 3.05) is 17.4 Å². The molecule has 8 nitrogen and oxygen atoms in total. The van der Waals surface area contributed by atoms with Gasteiger partial charge in [0.15, 0.2) is 0 Å². The third-order valence-electron chi connectivity index (χ3n) is 5.39. The Bertz CT molecular complexity index is 1140. The van der Waals surface area contributed by atoms with E-state index in [0.29, 0.717) is 11.5 Å². The second kappa shape index (κ2) is 6.61. The fraction of sp³-hybridized carbons (Fsp3) is 0.294. The molecule has 146 valence electrons. The van der Waals surface area contributed by atoms with Gasteiger partial charge in [-0.05, 0) is 42.8 Å². The van der Waals surface area contributed by atoms with Crippen LogP contribution in [0.2, 0.25) is 0 Å². The number of aromatic nitrogens is 3.